The monoisotopic (exact) mass is 469 g/mol. The van der Waals surface area contributed by atoms with Gasteiger partial charge in [0.25, 0.3) is 10.0 Å². The molecular formula is C23H23N3O4S2. The normalized spacial score (nSPS) is 16.6. The Hall–Kier alpha value is -3.17. The lowest BCUT2D eigenvalue weighted by Gasteiger charge is -2.23. The number of hydrazone groups is 1. The lowest BCUT2D eigenvalue weighted by molar-refractivity contribution is 0.371. The molecule has 1 aliphatic heterocycles. The summed E-state index contributed by atoms with van der Waals surface area (Å²) in [5.41, 5.74) is 2.22. The van der Waals surface area contributed by atoms with Crippen LogP contribution in [-0.2, 0) is 20.0 Å². The molecule has 0 amide bonds. The predicted molar refractivity (Wildman–Crippen MR) is 125 cm³/mol. The molecular weight excluding hydrogens is 446 g/mol. The van der Waals surface area contributed by atoms with Crippen molar-refractivity contribution in [2.45, 2.75) is 24.3 Å². The molecule has 1 atom stereocenters. The fraction of sp³-hybridized carbons (Fsp3) is 0.174. The topological polar surface area (TPSA) is 95.9 Å². The summed E-state index contributed by atoms with van der Waals surface area (Å²) in [6, 6.07) is 23.8. The standard InChI is InChI=1S/C23H23N3O4S2/c1-2-31(27,28)25-21-16-10-9-15-20(21)22-17-23(18-11-5-3-6-12-18)26(24-22)32(29,30)19-13-7-4-8-14-19/h3-16,23,25H,2,17H2,1H3/t23-/m0/s1. The molecule has 1 heterocycles. The van der Waals surface area contributed by atoms with E-state index in [1.807, 2.05) is 30.3 Å². The Morgan fingerprint density at radius 3 is 2.12 bits per heavy atom. The summed E-state index contributed by atoms with van der Waals surface area (Å²) in [5.74, 6) is -0.0744. The van der Waals surface area contributed by atoms with E-state index in [9.17, 15) is 16.8 Å². The Kier molecular flexibility index (Phi) is 6.03. The quantitative estimate of drug-likeness (QED) is 0.566. The number of anilines is 1. The SMILES string of the molecule is CCS(=O)(=O)Nc1ccccc1C1=NN(S(=O)(=O)c2ccccc2)[C@H](c2ccccc2)C1. The summed E-state index contributed by atoms with van der Waals surface area (Å²) in [4.78, 5) is 0.144. The molecule has 0 aromatic heterocycles. The highest BCUT2D eigenvalue weighted by atomic mass is 32.2. The molecule has 4 rings (SSSR count). The van der Waals surface area contributed by atoms with Gasteiger partial charge < -0.3 is 0 Å². The van der Waals surface area contributed by atoms with E-state index in [1.165, 1.54) is 12.1 Å². The number of hydrogen-bond donors (Lipinski definition) is 1. The van der Waals surface area contributed by atoms with Crippen LogP contribution in [0.4, 0.5) is 5.69 Å². The zero-order valence-corrected chi connectivity index (χ0v) is 19.1. The molecule has 0 spiro atoms. The third kappa shape index (κ3) is 4.39. The molecule has 1 N–H and O–H groups in total. The molecule has 9 heteroatoms. The van der Waals surface area contributed by atoms with Gasteiger partial charge >= 0.3 is 0 Å². The second-order valence-electron chi connectivity index (χ2n) is 7.32. The van der Waals surface area contributed by atoms with E-state index in [-0.39, 0.29) is 10.6 Å². The lowest BCUT2D eigenvalue weighted by atomic mass is 9.98. The van der Waals surface area contributed by atoms with Crippen LogP contribution in [0.25, 0.3) is 0 Å². The van der Waals surface area contributed by atoms with E-state index in [4.69, 9.17) is 0 Å². The van der Waals surface area contributed by atoms with Gasteiger partial charge in [0.1, 0.15) is 0 Å². The van der Waals surface area contributed by atoms with Crippen molar-refractivity contribution in [3.05, 3.63) is 96.1 Å². The van der Waals surface area contributed by atoms with Crippen LogP contribution < -0.4 is 4.72 Å². The van der Waals surface area contributed by atoms with Crippen LogP contribution in [0, 0.1) is 0 Å². The van der Waals surface area contributed by atoms with Gasteiger partial charge in [0, 0.05) is 12.0 Å². The van der Waals surface area contributed by atoms with E-state index >= 15 is 0 Å². The molecule has 3 aromatic rings. The minimum Gasteiger partial charge on any atom is -0.283 e. The Bertz CT molecular complexity index is 1340. The van der Waals surface area contributed by atoms with Gasteiger partial charge in [-0.2, -0.15) is 17.9 Å². The van der Waals surface area contributed by atoms with Crippen molar-refractivity contribution in [3.63, 3.8) is 0 Å². The number of sulfonamides is 2. The van der Waals surface area contributed by atoms with Crippen LogP contribution >= 0.6 is 0 Å². The first kappa shape index (κ1) is 22.0. The third-order valence-electron chi connectivity index (χ3n) is 5.23. The van der Waals surface area contributed by atoms with Gasteiger partial charge in [0.15, 0.2) is 0 Å². The summed E-state index contributed by atoms with van der Waals surface area (Å²) in [6.45, 7) is 1.55. The van der Waals surface area contributed by atoms with Gasteiger partial charge in [-0.05, 0) is 30.7 Å². The highest BCUT2D eigenvalue weighted by Gasteiger charge is 2.38. The molecule has 1 aliphatic rings. The van der Waals surface area contributed by atoms with Crippen molar-refractivity contribution in [1.29, 1.82) is 0 Å². The maximum absolute atomic E-state index is 13.5. The van der Waals surface area contributed by atoms with E-state index < -0.39 is 26.1 Å². The van der Waals surface area contributed by atoms with Gasteiger partial charge in [-0.1, -0.05) is 66.7 Å². The molecule has 0 radical (unpaired) electrons. The van der Waals surface area contributed by atoms with Crippen LogP contribution in [0.1, 0.15) is 30.5 Å². The van der Waals surface area contributed by atoms with Crippen molar-refractivity contribution < 1.29 is 16.8 Å². The number of nitrogens with one attached hydrogen (secondary N) is 1. The van der Waals surface area contributed by atoms with Gasteiger partial charge in [-0.15, -0.1) is 0 Å². The summed E-state index contributed by atoms with van der Waals surface area (Å²) in [7, 11) is -7.43. The molecule has 0 aliphatic carbocycles. The molecule has 166 valence electrons. The van der Waals surface area contributed by atoms with Gasteiger partial charge in [0.2, 0.25) is 10.0 Å². The summed E-state index contributed by atoms with van der Waals surface area (Å²) >= 11 is 0. The minimum absolute atomic E-state index is 0.0744. The Labute approximate surface area is 188 Å². The maximum atomic E-state index is 13.5. The van der Waals surface area contributed by atoms with E-state index in [2.05, 4.69) is 9.82 Å². The van der Waals surface area contributed by atoms with E-state index in [1.54, 1.807) is 49.4 Å². The maximum Gasteiger partial charge on any atom is 0.279 e. The van der Waals surface area contributed by atoms with E-state index in [0.29, 0.717) is 23.4 Å². The molecule has 0 unspecified atom stereocenters. The number of hydrogen-bond acceptors (Lipinski definition) is 5. The molecule has 0 saturated carbocycles. The third-order valence-corrected chi connectivity index (χ3v) is 8.22. The molecule has 3 aromatic carbocycles. The molecule has 7 nitrogen and oxygen atoms in total. The van der Waals surface area contributed by atoms with Gasteiger partial charge in [-0.25, -0.2) is 8.42 Å². The number of benzene rings is 3. The van der Waals surface area contributed by atoms with Crippen LogP contribution in [0.3, 0.4) is 0 Å². The first-order chi connectivity index (χ1) is 15.3. The number of para-hydroxylation sites is 1. The Morgan fingerprint density at radius 2 is 1.47 bits per heavy atom. The second kappa shape index (κ2) is 8.76. The highest BCUT2D eigenvalue weighted by molar-refractivity contribution is 7.92. The Morgan fingerprint density at radius 1 is 0.875 bits per heavy atom. The fourth-order valence-corrected chi connectivity index (χ4v) is 5.67. The lowest BCUT2D eigenvalue weighted by Crippen LogP contribution is -2.27. The fourth-order valence-electron chi connectivity index (χ4n) is 3.56. The second-order valence-corrected chi connectivity index (χ2v) is 11.1. The van der Waals surface area contributed by atoms with Crippen molar-refractivity contribution >= 4 is 31.4 Å². The van der Waals surface area contributed by atoms with Crippen molar-refractivity contribution in [3.8, 4) is 0 Å². The highest BCUT2D eigenvalue weighted by Crippen LogP contribution is 2.38. The largest absolute Gasteiger partial charge is 0.283 e. The summed E-state index contributed by atoms with van der Waals surface area (Å²) in [5, 5.41) is 4.51. The molecule has 32 heavy (non-hydrogen) atoms. The molecule has 0 saturated heterocycles. The average molecular weight is 470 g/mol. The average Bonchev–Trinajstić information content (AvgIpc) is 3.27. The van der Waals surface area contributed by atoms with Crippen molar-refractivity contribution in [1.82, 2.24) is 4.41 Å². The van der Waals surface area contributed by atoms with Crippen LogP contribution in [0.2, 0.25) is 0 Å². The summed E-state index contributed by atoms with van der Waals surface area (Å²) in [6.07, 6.45) is 0.306. The smallest absolute Gasteiger partial charge is 0.279 e. The van der Waals surface area contributed by atoms with Crippen LogP contribution in [0.15, 0.2) is 94.9 Å². The van der Waals surface area contributed by atoms with Gasteiger partial charge in [-0.3, -0.25) is 4.72 Å². The van der Waals surface area contributed by atoms with Crippen molar-refractivity contribution in [2.24, 2.45) is 5.10 Å². The molecule has 0 fully saturated rings. The van der Waals surface area contributed by atoms with Gasteiger partial charge in [0.05, 0.1) is 28.1 Å². The first-order valence-electron chi connectivity index (χ1n) is 10.1. The number of nitrogens with zero attached hydrogens (tertiary/aromatic N) is 2. The zero-order chi connectivity index (χ0) is 22.8. The number of rotatable bonds is 7. The molecule has 0 bridgehead atoms. The van der Waals surface area contributed by atoms with Crippen molar-refractivity contribution in [2.75, 3.05) is 10.5 Å². The predicted octanol–water partition coefficient (Wildman–Crippen LogP) is 3.99. The Balaban J connectivity index is 1.81. The zero-order valence-electron chi connectivity index (χ0n) is 17.4. The minimum atomic E-state index is -3.92. The van der Waals surface area contributed by atoms with Crippen LogP contribution in [0.5, 0.6) is 0 Å². The van der Waals surface area contributed by atoms with Crippen LogP contribution in [-0.4, -0.2) is 32.7 Å². The summed E-state index contributed by atoms with van der Waals surface area (Å²) < 4.78 is 55.0. The first-order valence-corrected chi connectivity index (χ1v) is 13.2. The van der Waals surface area contributed by atoms with E-state index in [0.717, 1.165) is 9.98 Å².